The number of esters is 1. The van der Waals surface area contributed by atoms with Gasteiger partial charge in [0.1, 0.15) is 29.3 Å². The van der Waals surface area contributed by atoms with Gasteiger partial charge >= 0.3 is 12.1 Å². The standard InChI is InChI=1S/C27H34FN5O5/c1-6-37-25(35)21(13-16-7-9-17(28)10-8-16)31-24(34)20(32-26(36)38-27(2,3)4)15-23-30-19-14-18(29)11-12-22(19)33(23)5/h7-12,14,20-21H,6,13,15,29H2,1-5H3,(H,31,34)(H,32,36)/t20-,21-/m0/s1. The fourth-order valence-electron chi connectivity index (χ4n) is 3.86. The number of halogens is 1. The molecule has 0 bridgehead atoms. The Kier molecular flexibility index (Phi) is 8.92. The third kappa shape index (κ3) is 7.67. The highest BCUT2D eigenvalue weighted by Gasteiger charge is 2.30. The number of nitrogen functional groups attached to an aromatic ring is 1. The van der Waals surface area contributed by atoms with Crippen LogP contribution >= 0.6 is 0 Å². The van der Waals surface area contributed by atoms with E-state index in [4.69, 9.17) is 15.2 Å². The number of nitrogens with zero attached hydrogens (tertiary/aromatic N) is 2. The number of benzene rings is 2. The maximum atomic E-state index is 13.5. The average molecular weight is 528 g/mol. The summed E-state index contributed by atoms with van der Waals surface area (Å²) in [5.41, 5.74) is 7.69. The minimum absolute atomic E-state index is 0.00224. The Balaban J connectivity index is 1.88. The highest BCUT2D eigenvalue weighted by molar-refractivity contribution is 5.90. The molecule has 38 heavy (non-hydrogen) atoms. The van der Waals surface area contributed by atoms with Crippen molar-refractivity contribution in [3.63, 3.8) is 0 Å². The third-order valence-corrected chi connectivity index (χ3v) is 5.63. The van der Waals surface area contributed by atoms with E-state index in [1.54, 1.807) is 51.4 Å². The number of nitrogens with one attached hydrogen (secondary N) is 2. The van der Waals surface area contributed by atoms with Crippen molar-refractivity contribution >= 4 is 34.7 Å². The van der Waals surface area contributed by atoms with Crippen LogP contribution in [0.2, 0.25) is 0 Å². The van der Waals surface area contributed by atoms with Crippen molar-refractivity contribution in [3.8, 4) is 0 Å². The zero-order chi connectivity index (χ0) is 28.0. The SMILES string of the molecule is CCOC(=O)[C@H](Cc1ccc(F)cc1)NC(=O)[C@H](Cc1nc2cc(N)ccc2n1C)NC(=O)OC(C)(C)C. The molecule has 2 aromatic carbocycles. The first-order valence-corrected chi connectivity index (χ1v) is 12.3. The number of imidazole rings is 1. The van der Waals surface area contributed by atoms with Crippen LogP contribution in [0.1, 0.15) is 39.1 Å². The first-order valence-electron chi connectivity index (χ1n) is 12.3. The molecule has 2 amide bonds. The normalized spacial score (nSPS) is 13.0. The maximum Gasteiger partial charge on any atom is 0.408 e. The number of carbonyl (C=O) groups excluding carboxylic acids is 3. The summed E-state index contributed by atoms with van der Waals surface area (Å²) < 4.78 is 25.7. The van der Waals surface area contributed by atoms with Crippen molar-refractivity contribution < 1.29 is 28.2 Å². The van der Waals surface area contributed by atoms with Crippen molar-refractivity contribution in [3.05, 3.63) is 59.7 Å². The van der Waals surface area contributed by atoms with Gasteiger partial charge in [-0.1, -0.05) is 12.1 Å². The van der Waals surface area contributed by atoms with Crippen LogP contribution in [0.25, 0.3) is 11.0 Å². The Morgan fingerprint density at radius 1 is 1.05 bits per heavy atom. The zero-order valence-corrected chi connectivity index (χ0v) is 22.2. The number of amides is 2. The second-order valence-corrected chi connectivity index (χ2v) is 9.88. The number of ether oxygens (including phenoxy) is 2. The molecule has 4 N–H and O–H groups in total. The van der Waals surface area contributed by atoms with E-state index in [1.807, 2.05) is 6.07 Å². The molecule has 0 saturated carbocycles. The van der Waals surface area contributed by atoms with E-state index in [0.29, 0.717) is 22.6 Å². The number of aromatic nitrogens is 2. The summed E-state index contributed by atoms with van der Waals surface area (Å²) >= 11 is 0. The minimum Gasteiger partial charge on any atom is -0.464 e. The summed E-state index contributed by atoms with van der Waals surface area (Å²) in [6.07, 6.45) is -0.732. The molecule has 11 heteroatoms. The number of carbonyl (C=O) groups is 3. The summed E-state index contributed by atoms with van der Waals surface area (Å²) in [5.74, 6) is -1.20. The topological polar surface area (TPSA) is 138 Å². The Bertz CT molecular complexity index is 1300. The number of anilines is 1. The van der Waals surface area contributed by atoms with Crippen molar-refractivity contribution in [1.82, 2.24) is 20.2 Å². The molecule has 3 rings (SSSR count). The van der Waals surface area contributed by atoms with Gasteiger partial charge in [-0.15, -0.1) is 0 Å². The van der Waals surface area contributed by atoms with E-state index in [9.17, 15) is 18.8 Å². The average Bonchev–Trinajstić information content (AvgIpc) is 3.12. The summed E-state index contributed by atoms with van der Waals surface area (Å²) in [6, 6.07) is 8.65. The number of hydrogen-bond acceptors (Lipinski definition) is 7. The summed E-state index contributed by atoms with van der Waals surface area (Å²) in [7, 11) is 1.79. The molecular weight excluding hydrogens is 493 g/mol. The minimum atomic E-state index is -1.14. The number of alkyl carbamates (subject to hydrolysis) is 1. The zero-order valence-electron chi connectivity index (χ0n) is 22.2. The van der Waals surface area contributed by atoms with Gasteiger partial charge in [0.05, 0.1) is 17.6 Å². The lowest BCUT2D eigenvalue weighted by molar-refractivity contribution is -0.147. The molecule has 0 saturated heterocycles. The number of hydrogen-bond donors (Lipinski definition) is 3. The Morgan fingerprint density at radius 2 is 1.74 bits per heavy atom. The van der Waals surface area contributed by atoms with Crippen LogP contribution in [-0.2, 0) is 39.0 Å². The van der Waals surface area contributed by atoms with Gasteiger partial charge in [0.15, 0.2) is 0 Å². The lowest BCUT2D eigenvalue weighted by Gasteiger charge is -2.25. The first-order chi connectivity index (χ1) is 17.9. The highest BCUT2D eigenvalue weighted by Crippen LogP contribution is 2.19. The van der Waals surface area contributed by atoms with Crippen LogP contribution < -0.4 is 16.4 Å². The Labute approximate surface area is 220 Å². The van der Waals surface area contributed by atoms with Crippen LogP contribution in [0, 0.1) is 5.82 Å². The fraction of sp³-hybridized carbons (Fsp3) is 0.407. The number of nitrogens with two attached hydrogens (primary N) is 1. The molecule has 0 unspecified atom stereocenters. The van der Waals surface area contributed by atoms with Crippen LogP contribution in [0.4, 0.5) is 14.9 Å². The van der Waals surface area contributed by atoms with Gasteiger partial charge in [-0.3, -0.25) is 4.79 Å². The van der Waals surface area contributed by atoms with E-state index in [0.717, 1.165) is 5.52 Å². The van der Waals surface area contributed by atoms with Crippen molar-refractivity contribution in [2.24, 2.45) is 7.05 Å². The van der Waals surface area contributed by atoms with Crippen LogP contribution in [0.3, 0.4) is 0 Å². The molecule has 1 heterocycles. The second-order valence-electron chi connectivity index (χ2n) is 9.88. The first kappa shape index (κ1) is 28.4. The predicted octanol–water partition coefficient (Wildman–Crippen LogP) is 3.02. The van der Waals surface area contributed by atoms with Gasteiger partial charge in [0.2, 0.25) is 5.91 Å². The number of rotatable bonds is 9. The molecule has 0 radical (unpaired) electrons. The molecule has 0 fully saturated rings. The summed E-state index contributed by atoms with van der Waals surface area (Å²) in [5, 5.41) is 5.28. The number of aryl methyl sites for hydroxylation is 1. The summed E-state index contributed by atoms with van der Waals surface area (Å²) in [6.45, 7) is 6.88. The van der Waals surface area contributed by atoms with E-state index in [-0.39, 0.29) is 19.4 Å². The Morgan fingerprint density at radius 3 is 2.37 bits per heavy atom. The van der Waals surface area contributed by atoms with Crippen LogP contribution in [0.15, 0.2) is 42.5 Å². The van der Waals surface area contributed by atoms with Crippen molar-refractivity contribution in [2.45, 2.75) is 58.2 Å². The molecule has 204 valence electrons. The van der Waals surface area contributed by atoms with E-state index < -0.39 is 41.5 Å². The summed E-state index contributed by atoms with van der Waals surface area (Å²) in [4.78, 5) is 43.4. The van der Waals surface area contributed by atoms with Gasteiger partial charge in [-0.25, -0.2) is 19.0 Å². The van der Waals surface area contributed by atoms with Crippen LogP contribution in [-0.4, -0.2) is 51.8 Å². The molecule has 10 nitrogen and oxygen atoms in total. The quantitative estimate of drug-likeness (QED) is 0.287. The number of fused-ring (bicyclic) bond motifs is 1. The lowest BCUT2D eigenvalue weighted by Crippen LogP contribution is -2.54. The van der Waals surface area contributed by atoms with Gasteiger partial charge in [0, 0.05) is 25.6 Å². The lowest BCUT2D eigenvalue weighted by atomic mass is 10.0. The maximum absolute atomic E-state index is 13.5. The van der Waals surface area contributed by atoms with E-state index in [1.165, 1.54) is 24.3 Å². The largest absolute Gasteiger partial charge is 0.464 e. The molecule has 0 aliphatic carbocycles. The molecule has 0 spiro atoms. The molecule has 3 aromatic rings. The van der Waals surface area contributed by atoms with Gasteiger partial charge in [-0.2, -0.15) is 0 Å². The van der Waals surface area contributed by atoms with Gasteiger partial charge < -0.3 is 30.4 Å². The monoisotopic (exact) mass is 527 g/mol. The van der Waals surface area contributed by atoms with Gasteiger partial charge in [0.25, 0.3) is 0 Å². The molecule has 0 aliphatic rings. The van der Waals surface area contributed by atoms with Crippen molar-refractivity contribution in [1.29, 1.82) is 0 Å². The fourth-order valence-corrected chi connectivity index (χ4v) is 3.86. The van der Waals surface area contributed by atoms with E-state index >= 15 is 0 Å². The highest BCUT2D eigenvalue weighted by atomic mass is 19.1. The molecule has 1 aromatic heterocycles. The molecule has 2 atom stereocenters. The third-order valence-electron chi connectivity index (χ3n) is 5.63. The van der Waals surface area contributed by atoms with Crippen LogP contribution in [0.5, 0.6) is 0 Å². The smallest absolute Gasteiger partial charge is 0.408 e. The predicted molar refractivity (Wildman–Crippen MR) is 141 cm³/mol. The van der Waals surface area contributed by atoms with E-state index in [2.05, 4.69) is 15.6 Å². The van der Waals surface area contributed by atoms with Gasteiger partial charge in [-0.05, 0) is 63.6 Å². The second kappa shape index (κ2) is 11.9. The molecular formula is C27H34FN5O5. The Hall–Kier alpha value is -4.15. The van der Waals surface area contributed by atoms with Crippen molar-refractivity contribution in [2.75, 3.05) is 12.3 Å². The molecule has 0 aliphatic heterocycles.